The number of hydrogen-bond donors (Lipinski definition) is 2. The summed E-state index contributed by atoms with van der Waals surface area (Å²) in [4.78, 5) is 25.2. The average Bonchev–Trinajstić information content (AvgIpc) is 3.20. The van der Waals surface area contributed by atoms with Gasteiger partial charge < -0.3 is 28.8 Å². The first-order valence-corrected chi connectivity index (χ1v) is 24.7. The number of phosphoric ester groups is 1. The number of nitrogens with zero attached hydrogens (tertiary/aromatic N) is 1. The van der Waals surface area contributed by atoms with Crippen LogP contribution in [-0.4, -0.2) is 68.5 Å². The molecule has 0 heterocycles. The predicted octanol–water partition coefficient (Wildman–Crippen LogP) is 12.7. The molecule has 0 aromatic heterocycles. The predicted molar refractivity (Wildman–Crippen MR) is 256 cm³/mol. The molecule has 0 fully saturated rings. The molecule has 0 saturated carbocycles. The maximum Gasteiger partial charge on any atom is 0.268 e. The zero-order chi connectivity index (χ0) is 44.3. The quantitative estimate of drug-likeness (QED) is 0.0275. The maximum atomic E-state index is 12.8. The molecule has 3 atom stereocenters. The highest BCUT2D eigenvalue weighted by molar-refractivity contribution is 7.45. The lowest BCUT2D eigenvalue weighted by Crippen LogP contribution is -2.45. The average molecular weight is 855 g/mol. The zero-order valence-corrected chi connectivity index (χ0v) is 39.5. The molecule has 60 heavy (non-hydrogen) atoms. The second-order valence-electron chi connectivity index (χ2n) is 16.4. The molecule has 0 aromatic rings. The van der Waals surface area contributed by atoms with E-state index >= 15 is 0 Å². The van der Waals surface area contributed by atoms with Gasteiger partial charge >= 0.3 is 0 Å². The van der Waals surface area contributed by atoms with E-state index in [1.54, 1.807) is 6.08 Å². The first kappa shape index (κ1) is 57.2. The van der Waals surface area contributed by atoms with Crippen LogP contribution in [0.5, 0.6) is 0 Å². The number of carbonyl (C=O) groups is 1. The second kappa shape index (κ2) is 41.5. The van der Waals surface area contributed by atoms with Crippen molar-refractivity contribution in [1.29, 1.82) is 0 Å². The van der Waals surface area contributed by atoms with Gasteiger partial charge in [0.2, 0.25) is 5.91 Å². The Hall–Kier alpha value is -2.84. The Balaban J connectivity index is 4.19. The first-order valence-electron chi connectivity index (χ1n) is 23.2. The van der Waals surface area contributed by atoms with Crippen molar-refractivity contribution in [3.05, 3.63) is 109 Å². The molecule has 0 aliphatic rings. The Bertz CT molecular complexity index is 1340. The number of phosphoric acid groups is 1. The van der Waals surface area contributed by atoms with Gasteiger partial charge in [0.25, 0.3) is 7.82 Å². The Kier molecular flexibility index (Phi) is 39.5. The molecule has 0 saturated heterocycles. The molecule has 0 spiro atoms. The van der Waals surface area contributed by atoms with Crippen LogP contribution in [0.2, 0.25) is 0 Å². The Morgan fingerprint density at radius 3 is 1.55 bits per heavy atom. The number of rotatable bonds is 40. The van der Waals surface area contributed by atoms with E-state index in [0.717, 1.165) is 96.3 Å². The summed E-state index contributed by atoms with van der Waals surface area (Å²) in [5.74, 6) is -0.226. The zero-order valence-electron chi connectivity index (χ0n) is 38.6. The number of nitrogens with one attached hydrogen (secondary N) is 1. The topological polar surface area (TPSA) is 108 Å². The van der Waals surface area contributed by atoms with Crippen molar-refractivity contribution < 1.29 is 32.9 Å². The fourth-order valence-electron chi connectivity index (χ4n) is 5.90. The molecule has 1 amide bonds. The van der Waals surface area contributed by atoms with Crippen molar-refractivity contribution in [1.82, 2.24) is 5.32 Å². The molecule has 9 heteroatoms. The summed E-state index contributed by atoms with van der Waals surface area (Å²) in [7, 11) is 1.21. The van der Waals surface area contributed by atoms with E-state index in [0.29, 0.717) is 17.4 Å². The fraction of sp³-hybridized carbons (Fsp3) is 0.627. The van der Waals surface area contributed by atoms with Gasteiger partial charge in [-0.25, -0.2) is 0 Å². The van der Waals surface area contributed by atoms with E-state index in [1.807, 2.05) is 40.2 Å². The number of unbranched alkanes of at least 4 members (excludes halogenated alkanes) is 12. The van der Waals surface area contributed by atoms with Crippen LogP contribution in [-0.2, 0) is 18.4 Å². The summed E-state index contributed by atoms with van der Waals surface area (Å²) >= 11 is 0. The van der Waals surface area contributed by atoms with E-state index in [-0.39, 0.29) is 12.5 Å². The lowest BCUT2D eigenvalue weighted by molar-refractivity contribution is -0.870. The summed E-state index contributed by atoms with van der Waals surface area (Å²) < 4.78 is 23.1. The maximum absolute atomic E-state index is 12.8. The van der Waals surface area contributed by atoms with Gasteiger partial charge in [-0.15, -0.1) is 0 Å². The van der Waals surface area contributed by atoms with Gasteiger partial charge in [0, 0.05) is 6.42 Å². The molecule has 3 unspecified atom stereocenters. The third kappa shape index (κ3) is 43.3. The minimum absolute atomic E-state index is 0.0161. The fourth-order valence-corrected chi connectivity index (χ4v) is 6.62. The second-order valence-corrected chi connectivity index (χ2v) is 17.8. The van der Waals surface area contributed by atoms with Crippen LogP contribution in [0.3, 0.4) is 0 Å². The molecule has 342 valence electrons. The van der Waals surface area contributed by atoms with Crippen molar-refractivity contribution in [2.24, 2.45) is 0 Å². The van der Waals surface area contributed by atoms with Crippen LogP contribution in [0.15, 0.2) is 109 Å². The minimum atomic E-state index is -4.60. The molecule has 0 aliphatic heterocycles. The molecule has 0 radical (unpaired) electrons. The molecule has 0 rings (SSSR count). The lowest BCUT2D eigenvalue weighted by atomic mass is 10.0. The third-order valence-electron chi connectivity index (χ3n) is 9.54. The van der Waals surface area contributed by atoms with E-state index < -0.39 is 26.6 Å². The first-order chi connectivity index (χ1) is 29.0. The normalized spacial score (nSPS) is 15.2. The highest BCUT2D eigenvalue weighted by Gasteiger charge is 2.23. The van der Waals surface area contributed by atoms with Gasteiger partial charge in [-0.2, -0.15) is 0 Å². The monoisotopic (exact) mass is 855 g/mol. The number of likely N-dealkylation sites (N-methyl/N-ethyl adjacent to an activating group) is 1. The molecular formula is C51H87N2O6P. The number of carbonyl (C=O) groups excluding carboxylic acids is 1. The van der Waals surface area contributed by atoms with Gasteiger partial charge in [0.1, 0.15) is 13.2 Å². The van der Waals surface area contributed by atoms with Crippen LogP contribution in [0.1, 0.15) is 155 Å². The van der Waals surface area contributed by atoms with Crippen molar-refractivity contribution in [2.75, 3.05) is 40.9 Å². The molecule has 0 aliphatic carbocycles. The minimum Gasteiger partial charge on any atom is -0.756 e. The van der Waals surface area contributed by atoms with Gasteiger partial charge in [0.05, 0.1) is 39.9 Å². The van der Waals surface area contributed by atoms with Gasteiger partial charge in [-0.05, 0) is 90.4 Å². The van der Waals surface area contributed by atoms with Crippen LogP contribution < -0.4 is 10.2 Å². The highest BCUT2D eigenvalue weighted by Crippen LogP contribution is 2.38. The number of allylic oxidation sites excluding steroid dienone is 17. The molecular weight excluding hydrogens is 768 g/mol. The van der Waals surface area contributed by atoms with Crippen LogP contribution >= 0.6 is 7.82 Å². The molecule has 0 aromatic carbocycles. The smallest absolute Gasteiger partial charge is 0.268 e. The standard InChI is InChI=1S/C51H87N2O6P/c1-6-8-10-12-14-16-17-18-19-20-21-22-23-24-25-26-27-28-29-30-31-32-33-34-35-37-39-41-43-45-51(55)52-49(48-59-60(56,57)58-47-46-53(3,4)5)50(54)44-42-40-38-36-15-13-11-9-7-2/h7-10,14-16,18-19,21-22,24-25,27-28,36,42,44,49-50,54H,6,11-13,17,20,23,26,29-35,37-41,43,45-48H2,1-5H3,(H-,52,55,56,57)/b9-7+,10-8-,16-14-,19-18-,22-21-,25-24-,28-27-,36-15+,44-42+. The van der Waals surface area contributed by atoms with E-state index in [4.69, 9.17) is 9.05 Å². The number of hydrogen-bond acceptors (Lipinski definition) is 6. The molecule has 0 bridgehead atoms. The Morgan fingerprint density at radius 2 is 1.05 bits per heavy atom. The van der Waals surface area contributed by atoms with Gasteiger partial charge in [-0.1, -0.05) is 168 Å². The van der Waals surface area contributed by atoms with E-state index in [1.165, 1.54) is 38.5 Å². The number of aliphatic hydroxyl groups is 1. The SMILES string of the molecule is C/C=C/CC/C=C/CC/C=C/C(O)C(COP(=O)([O-])OCC[N+](C)(C)C)NC(=O)CCCCCCCCCCCC/C=C\C/C=C\C/C=C\C/C=C\C/C=C\C/C=C\CC. The van der Waals surface area contributed by atoms with Crippen molar-refractivity contribution in [3.8, 4) is 0 Å². The van der Waals surface area contributed by atoms with Crippen molar-refractivity contribution >= 4 is 13.7 Å². The van der Waals surface area contributed by atoms with E-state index in [9.17, 15) is 19.4 Å². The number of amides is 1. The summed E-state index contributed by atoms with van der Waals surface area (Å²) in [5, 5.41) is 13.7. The summed E-state index contributed by atoms with van der Waals surface area (Å²) in [6.07, 6.45) is 60.3. The van der Waals surface area contributed by atoms with E-state index in [2.05, 4.69) is 103 Å². The molecule has 2 N–H and O–H groups in total. The number of aliphatic hydroxyl groups excluding tert-OH is 1. The summed E-state index contributed by atoms with van der Waals surface area (Å²) in [5.41, 5.74) is 0. The van der Waals surface area contributed by atoms with Crippen LogP contribution in [0.25, 0.3) is 0 Å². The Morgan fingerprint density at radius 1 is 0.617 bits per heavy atom. The largest absolute Gasteiger partial charge is 0.756 e. The van der Waals surface area contributed by atoms with Crippen molar-refractivity contribution in [2.45, 2.75) is 167 Å². The lowest BCUT2D eigenvalue weighted by Gasteiger charge is -2.29. The van der Waals surface area contributed by atoms with Gasteiger partial charge in [-0.3, -0.25) is 9.36 Å². The van der Waals surface area contributed by atoms with Crippen LogP contribution in [0, 0.1) is 0 Å². The number of quaternary nitrogens is 1. The Labute approximate surface area is 368 Å². The van der Waals surface area contributed by atoms with Crippen molar-refractivity contribution in [3.63, 3.8) is 0 Å². The van der Waals surface area contributed by atoms with Gasteiger partial charge in [0.15, 0.2) is 0 Å². The summed E-state index contributed by atoms with van der Waals surface area (Å²) in [6.45, 7) is 4.23. The molecule has 8 nitrogen and oxygen atoms in total. The third-order valence-corrected chi connectivity index (χ3v) is 10.5. The summed E-state index contributed by atoms with van der Waals surface area (Å²) in [6, 6.07) is -0.917. The highest BCUT2D eigenvalue weighted by atomic mass is 31.2. The van der Waals surface area contributed by atoms with Crippen LogP contribution in [0.4, 0.5) is 0 Å².